The van der Waals surface area contributed by atoms with Gasteiger partial charge in [0.15, 0.2) is 0 Å². The highest BCUT2D eigenvalue weighted by atomic mass is 16.7. The molecule has 0 aliphatic carbocycles. The lowest BCUT2D eigenvalue weighted by molar-refractivity contribution is 0.339. The molecule has 0 bridgehead atoms. The number of hydrogen-bond donors (Lipinski definition) is 0. The van der Waals surface area contributed by atoms with Gasteiger partial charge in [0.2, 0.25) is 0 Å². The molecule has 1 fully saturated rings. The van der Waals surface area contributed by atoms with Gasteiger partial charge in [-0.15, -0.1) is 0 Å². The van der Waals surface area contributed by atoms with E-state index in [4.69, 9.17) is 13.7 Å². The fraction of sp³-hybridized carbons (Fsp3) is 0. The predicted octanol–water partition coefficient (Wildman–Crippen LogP) is -2.80. The standard InChI is InChI=1S/B4H4O3/c1-4-6-2-5-3-7-4/h2-3H,1H2. The van der Waals surface area contributed by atoms with Crippen molar-refractivity contribution >= 4 is 30.1 Å². The van der Waals surface area contributed by atoms with Gasteiger partial charge in [0, 0.05) is 0 Å². The molecule has 1 saturated heterocycles. The molecular weight excluding hydrogens is 91.2 g/mol. The van der Waals surface area contributed by atoms with E-state index in [-0.39, 0.29) is 7.01 Å². The monoisotopic (exact) mass is 96.1 g/mol. The SMILES string of the molecule is BB1OBOBO1. The van der Waals surface area contributed by atoms with E-state index < -0.39 is 0 Å². The molecule has 1 aliphatic rings. The molecule has 0 radical (unpaired) electrons. The minimum atomic E-state index is -0.0891. The van der Waals surface area contributed by atoms with Gasteiger partial charge < -0.3 is 13.7 Å². The Labute approximate surface area is 44.9 Å². The molecule has 0 spiro atoms. The maximum absolute atomic E-state index is 4.83. The smallest absolute Gasteiger partial charge is 0.409 e. The van der Waals surface area contributed by atoms with E-state index >= 15 is 0 Å². The first-order chi connectivity index (χ1) is 3.39. The van der Waals surface area contributed by atoms with Crippen molar-refractivity contribution in [1.29, 1.82) is 0 Å². The van der Waals surface area contributed by atoms with Gasteiger partial charge in [-0.25, -0.2) is 0 Å². The maximum Gasteiger partial charge on any atom is 0.409 e. The second-order valence-corrected chi connectivity index (χ2v) is 1.34. The zero-order valence-corrected chi connectivity index (χ0v) is 4.22. The Balaban J connectivity index is 2.12. The van der Waals surface area contributed by atoms with Gasteiger partial charge in [0.05, 0.1) is 0 Å². The van der Waals surface area contributed by atoms with Crippen molar-refractivity contribution in [2.75, 3.05) is 0 Å². The van der Waals surface area contributed by atoms with E-state index in [1.54, 1.807) is 0 Å². The van der Waals surface area contributed by atoms with E-state index in [2.05, 4.69) is 0 Å². The van der Waals surface area contributed by atoms with E-state index in [0.29, 0.717) is 15.4 Å². The molecule has 7 heavy (non-hydrogen) atoms. The molecule has 0 unspecified atom stereocenters. The van der Waals surface area contributed by atoms with Crippen LogP contribution in [0.25, 0.3) is 0 Å². The minimum absolute atomic E-state index is 0.0891. The number of rotatable bonds is 0. The van der Waals surface area contributed by atoms with Crippen LogP contribution in [0.4, 0.5) is 0 Å². The van der Waals surface area contributed by atoms with Crippen LogP contribution in [-0.4, -0.2) is 30.1 Å². The zero-order valence-electron chi connectivity index (χ0n) is 4.22. The van der Waals surface area contributed by atoms with Gasteiger partial charge in [-0.2, -0.15) is 0 Å². The average Bonchev–Trinajstić information content (AvgIpc) is 1.69. The highest BCUT2D eigenvalue weighted by Crippen LogP contribution is 1.87. The average molecular weight is 95.3 g/mol. The molecule has 3 nitrogen and oxygen atoms in total. The van der Waals surface area contributed by atoms with Crippen molar-refractivity contribution in [2.45, 2.75) is 0 Å². The largest absolute Gasteiger partial charge is 0.463 e. The molecule has 0 amide bonds. The first-order valence-corrected chi connectivity index (χ1v) is 2.20. The van der Waals surface area contributed by atoms with E-state index in [1.165, 1.54) is 0 Å². The van der Waals surface area contributed by atoms with Gasteiger partial charge in [0.1, 0.15) is 7.74 Å². The lowest BCUT2D eigenvalue weighted by Crippen LogP contribution is -2.35. The maximum atomic E-state index is 4.83. The first kappa shape index (κ1) is 5.28. The summed E-state index contributed by atoms with van der Waals surface area (Å²) in [5, 5.41) is 0. The minimum Gasteiger partial charge on any atom is -0.463 e. The Kier molecular flexibility index (Phi) is 1.85. The van der Waals surface area contributed by atoms with Crippen LogP contribution in [0.5, 0.6) is 0 Å². The predicted molar refractivity (Wildman–Crippen MR) is 31.9 cm³/mol. The third-order valence-corrected chi connectivity index (χ3v) is 0.772. The molecule has 7 heteroatoms. The third kappa shape index (κ3) is 1.59. The molecule has 0 aromatic carbocycles. The molecule has 0 saturated carbocycles. The van der Waals surface area contributed by atoms with Crippen molar-refractivity contribution < 1.29 is 13.7 Å². The summed E-state index contributed by atoms with van der Waals surface area (Å²) >= 11 is 0. The molecular formula is H4B4O3. The summed E-state index contributed by atoms with van der Waals surface area (Å²) in [7, 11) is 2.47. The quantitative estimate of drug-likeness (QED) is 0.304. The first-order valence-electron chi connectivity index (χ1n) is 2.20. The highest BCUT2D eigenvalue weighted by molar-refractivity contribution is 6.99. The Hall–Kier alpha value is 0.140. The van der Waals surface area contributed by atoms with E-state index in [9.17, 15) is 0 Å². The van der Waals surface area contributed by atoms with Crippen LogP contribution >= 0.6 is 0 Å². The van der Waals surface area contributed by atoms with Crippen molar-refractivity contribution in [1.82, 2.24) is 0 Å². The lowest BCUT2D eigenvalue weighted by atomic mass is 9.61. The van der Waals surface area contributed by atoms with Crippen molar-refractivity contribution in [3.05, 3.63) is 0 Å². The van der Waals surface area contributed by atoms with Gasteiger partial charge >= 0.3 is 22.4 Å². The second kappa shape index (κ2) is 2.45. The van der Waals surface area contributed by atoms with E-state index in [0.717, 1.165) is 0 Å². The Morgan fingerprint density at radius 1 is 1.29 bits per heavy atom. The van der Waals surface area contributed by atoms with Gasteiger partial charge in [-0.3, -0.25) is 0 Å². The summed E-state index contributed by atoms with van der Waals surface area (Å²) in [4.78, 5) is 0. The van der Waals surface area contributed by atoms with Crippen LogP contribution in [0.2, 0.25) is 0 Å². The summed E-state index contributed by atoms with van der Waals surface area (Å²) in [5.41, 5.74) is 0. The van der Waals surface area contributed by atoms with Crippen LogP contribution in [0.1, 0.15) is 0 Å². The van der Waals surface area contributed by atoms with Crippen LogP contribution in [0.15, 0.2) is 0 Å². The van der Waals surface area contributed by atoms with Gasteiger partial charge in [-0.05, 0) is 0 Å². The molecule has 1 aliphatic heterocycles. The molecule has 34 valence electrons. The van der Waals surface area contributed by atoms with Crippen LogP contribution < -0.4 is 0 Å². The Bertz CT molecular complexity index is 48.9. The fourth-order valence-electron chi connectivity index (χ4n) is 0.370. The van der Waals surface area contributed by atoms with Crippen LogP contribution in [0, 0.1) is 0 Å². The molecule has 0 aromatic rings. The molecule has 0 aromatic heterocycles. The summed E-state index contributed by atoms with van der Waals surface area (Å²) in [5.74, 6) is 0. The molecule has 1 heterocycles. The summed E-state index contributed by atoms with van der Waals surface area (Å²) in [6.45, 7) is 0. The van der Waals surface area contributed by atoms with Crippen LogP contribution in [-0.2, 0) is 13.7 Å². The summed E-state index contributed by atoms with van der Waals surface area (Å²) < 4.78 is 14.4. The lowest BCUT2D eigenvalue weighted by Gasteiger charge is -2.15. The van der Waals surface area contributed by atoms with Gasteiger partial charge in [0.25, 0.3) is 0 Å². The van der Waals surface area contributed by atoms with Crippen molar-refractivity contribution in [3.8, 4) is 0 Å². The summed E-state index contributed by atoms with van der Waals surface area (Å²) in [6.07, 6.45) is 0. The fourth-order valence-corrected chi connectivity index (χ4v) is 0.370. The van der Waals surface area contributed by atoms with E-state index in [1.807, 2.05) is 7.74 Å². The molecule has 1 rings (SSSR count). The highest BCUT2D eigenvalue weighted by Gasteiger charge is 2.15. The zero-order chi connectivity index (χ0) is 5.11. The third-order valence-electron chi connectivity index (χ3n) is 0.772. The van der Waals surface area contributed by atoms with Crippen LogP contribution in [0.3, 0.4) is 0 Å². The number of hydrogen-bond acceptors (Lipinski definition) is 3. The summed E-state index contributed by atoms with van der Waals surface area (Å²) in [6, 6.07) is 0. The Morgan fingerprint density at radius 2 is 1.86 bits per heavy atom. The van der Waals surface area contributed by atoms with Crippen molar-refractivity contribution in [3.63, 3.8) is 0 Å². The normalized spacial score (nSPS) is 20.3. The topological polar surface area (TPSA) is 27.7 Å². The second-order valence-electron chi connectivity index (χ2n) is 1.34. The Morgan fingerprint density at radius 3 is 2.14 bits per heavy atom. The molecule has 0 atom stereocenters. The van der Waals surface area contributed by atoms with Crippen molar-refractivity contribution in [2.24, 2.45) is 0 Å². The molecule has 0 N–H and O–H groups in total. The van der Waals surface area contributed by atoms with Gasteiger partial charge in [-0.1, -0.05) is 0 Å².